The van der Waals surface area contributed by atoms with Gasteiger partial charge in [0.2, 0.25) is 11.8 Å². The highest BCUT2D eigenvalue weighted by Gasteiger charge is 2.38. The number of thiazole rings is 1. The van der Waals surface area contributed by atoms with Crippen LogP contribution in [0.3, 0.4) is 0 Å². The fraction of sp³-hybridized carbons (Fsp3) is 0.176. The Labute approximate surface area is 175 Å². The Bertz CT molecular complexity index is 1250. The lowest BCUT2D eigenvalue weighted by atomic mass is 10.1. The van der Waals surface area contributed by atoms with Crippen LogP contribution in [0.15, 0.2) is 29.2 Å². The minimum Gasteiger partial charge on any atom is -0.480 e. The van der Waals surface area contributed by atoms with Gasteiger partial charge in [-0.25, -0.2) is 19.6 Å². The molecule has 0 saturated carbocycles. The number of rotatable bonds is 5. The van der Waals surface area contributed by atoms with Crippen molar-refractivity contribution >= 4 is 33.4 Å². The molecule has 0 fully saturated rings. The topological polar surface area (TPSA) is 125 Å². The predicted molar refractivity (Wildman–Crippen MR) is 101 cm³/mol. The van der Waals surface area contributed by atoms with Crippen LogP contribution in [0.1, 0.15) is 16.1 Å². The molecule has 4 rings (SSSR count). The number of ether oxygens (including phenoxy) is 2. The van der Waals surface area contributed by atoms with E-state index in [-0.39, 0.29) is 38.4 Å². The molecule has 3 aromatic heterocycles. The molecule has 4 aromatic rings. The van der Waals surface area contributed by atoms with Crippen molar-refractivity contribution in [1.29, 1.82) is 0 Å². The summed E-state index contributed by atoms with van der Waals surface area (Å²) in [4.78, 5) is 23.7. The zero-order valence-electron chi connectivity index (χ0n) is 15.7. The summed E-state index contributed by atoms with van der Waals surface area (Å²) < 4.78 is 55.5. The summed E-state index contributed by atoms with van der Waals surface area (Å²) in [7, 11) is 2.55. The SMILES string of the molecule is COc1ncnc(OC)c1C(=O)Nc1nc(C(F)(F)F)c(-c2ccc3nonc3c2)s1. The third-order valence-electron chi connectivity index (χ3n) is 4.02. The maximum Gasteiger partial charge on any atom is 0.434 e. The molecule has 14 heteroatoms. The van der Waals surface area contributed by atoms with Crippen LogP contribution in [-0.2, 0) is 6.18 Å². The van der Waals surface area contributed by atoms with E-state index in [0.717, 1.165) is 6.33 Å². The number of amides is 1. The standard InChI is InChI=1S/C17H11F3N6O4S/c1-28-14-10(15(29-2)22-6-21-14)13(27)24-16-23-12(17(18,19)20)11(31-16)7-3-4-8-9(5-7)26-30-25-8/h3-6H,1-2H3,(H,23,24,27). The highest BCUT2D eigenvalue weighted by molar-refractivity contribution is 7.19. The largest absolute Gasteiger partial charge is 0.480 e. The van der Waals surface area contributed by atoms with Gasteiger partial charge in [0.1, 0.15) is 17.4 Å². The number of fused-ring (bicyclic) bond motifs is 1. The molecule has 0 aliphatic heterocycles. The molecule has 0 aliphatic carbocycles. The molecule has 0 radical (unpaired) electrons. The molecular weight excluding hydrogens is 441 g/mol. The van der Waals surface area contributed by atoms with Gasteiger partial charge in [-0.2, -0.15) is 13.2 Å². The number of carbonyl (C=O) groups is 1. The first-order valence-corrected chi connectivity index (χ1v) is 9.18. The summed E-state index contributed by atoms with van der Waals surface area (Å²) in [5.74, 6) is -1.07. The summed E-state index contributed by atoms with van der Waals surface area (Å²) in [5, 5.41) is 9.29. The number of carbonyl (C=O) groups excluding carboxylic acids is 1. The van der Waals surface area contributed by atoms with E-state index in [0.29, 0.717) is 16.9 Å². The second-order valence-electron chi connectivity index (χ2n) is 5.88. The van der Waals surface area contributed by atoms with Crippen molar-refractivity contribution in [2.45, 2.75) is 6.18 Å². The number of nitrogens with zero attached hydrogens (tertiary/aromatic N) is 5. The second-order valence-corrected chi connectivity index (χ2v) is 6.88. The molecule has 0 bridgehead atoms. The Hall–Kier alpha value is -3.81. The Kier molecular flexibility index (Phi) is 5.14. The predicted octanol–water partition coefficient (Wildman–Crippen LogP) is 3.42. The Morgan fingerprint density at radius 1 is 1.10 bits per heavy atom. The van der Waals surface area contributed by atoms with Crippen molar-refractivity contribution in [3.63, 3.8) is 0 Å². The van der Waals surface area contributed by atoms with Crippen LogP contribution in [-0.4, -0.2) is 45.4 Å². The van der Waals surface area contributed by atoms with Gasteiger partial charge < -0.3 is 9.47 Å². The number of benzene rings is 1. The average molecular weight is 452 g/mol. The van der Waals surface area contributed by atoms with E-state index in [4.69, 9.17) is 9.47 Å². The fourth-order valence-electron chi connectivity index (χ4n) is 2.70. The van der Waals surface area contributed by atoms with Crippen molar-refractivity contribution in [3.05, 3.63) is 35.8 Å². The lowest BCUT2D eigenvalue weighted by Gasteiger charge is -2.09. The maximum absolute atomic E-state index is 13.6. The van der Waals surface area contributed by atoms with Crippen LogP contribution in [0.5, 0.6) is 11.8 Å². The zero-order chi connectivity index (χ0) is 22.2. The highest BCUT2D eigenvalue weighted by atomic mass is 32.1. The molecule has 10 nitrogen and oxygen atoms in total. The highest BCUT2D eigenvalue weighted by Crippen LogP contribution is 2.42. The quantitative estimate of drug-likeness (QED) is 0.485. The number of hydrogen-bond acceptors (Lipinski definition) is 10. The van der Waals surface area contributed by atoms with Crippen molar-refractivity contribution in [3.8, 4) is 22.2 Å². The van der Waals surface area contributed by atoms with Crippen LogP contribution in [0.4, 0.5) is 18.3 Å². The van der Waals surface area contributed by atoms with E-state index in [2.05, 4.69) is 35.2 Å². The van der Waals surface area contributed by atoms with Crippen LogP contribution in [0.25, 0.3) is 21.5 Å². The summed E-state index contributed by atoms with van der Waals surface area (Å²) in [6, 6.07) is 4.28. The van der Waals surface area contributed by atoms with Crippen LogP contribution in [0.2, 0.25) is 0 Å². The number of aromatic nitrogens is 5. The van der Waals surface area contributed by atoms with Crippen LogP contribution >= 0.6 is 11.3 Å². The zero-order valence-corrected chi connectivity index (χ0v) is 16.5. The maximum atomic E-state index is 13.6. The summed E-state index contributed by atoms with van der Waals surface area (Å²) in [6.45, 7) is 0. The molecule has 0 saturated heterocycles. The minimum absolute atomic E-state index is 0.110. The first kappa shape index (κ1) is 20.5. The molecule has 0 atom stereocenters. The van der Waals surface area contributed by atoms with Gasteiger partial charge in [-0.15, -0.1) is 0 Å². The van der Waals surface area contributed by atoms with Crippen LogP contribution in [0, 0.1) is 0 Å². The molecule has 1 aromatic carbocycles. The van der Waals surface area contributed by atoms with Gasteiger partial charge >= 0.3 is 6.18 Å². The lowest BCUT2D eigenvalue weighted by molar-refractivity contribution is -0.140. The first-order valence-electron chi connectivity index (χ1n) is 8.37. The van der Waals surface area contributed by atoms with E-state index >= 15 is 0 Å². The van der Waals surface area contributed by atoms with E-state index in [9.17, 15) is 18.0 Å². The third kappa shape index (κ3) is 3.84. The van der Waals surface area contributed by atoms with Gasteiger partial charge in [-0.3, -0.25) is 10.1 Å². The monoisotopic (exact) mass is 452 g/mol. The van der Waals surface area contributed by atoms with Gasteiger partial charge in [0, 0.05) is 0 Å². The number of nitrogens with one attached hydrogen (secondary N) is 1. The minimum atomic E-state index is -4.77. The summed E-state index contributed by atoms with van der Waals surface area (Å²) in [5.41, 5.74) is -0.495. The number of methoxy groups -OCH3 is 2. The molecule has 0 unspecified atom stereocenters. The Morgan fingerprint density at radius 3 is 2.42 bits per heavy atom. The lowest BCUT2D eigenvalue weighted by Crippen LogP contribution is -2.16. The van der Waals surface area contributed by atoms with Crippen LogP contribution < -0.4 is 14.8 Å². The van der Waals surface area contributed by atoms with E-state index in [1.807, 2.05) is 0 Å². The third-order valence-corrected chi connectivity index (χ3v) is 5.04. The van der Waals surface area contributed by atoms with Gasteiger partial charge in [-0.05, 0) is 28.0 Å². The van der Waals surface area contributed by atoms with Crippen molar-refractivity contribution in [2.24, 2.45) is 0 Å². The number of anilines is 1. The number of hydrogen-bond donors (Lipinski definition) is 1. The fourth-order valence-corrected chi connectivity index (χ4v) is 3.68. The van der Waals surface area contributed by atoms with Gasteiger partial charge in [0.05, 0.1) is 19.1 Å². The second kappa shape index (κ2) is 7.79. The summed E-state index contributed by atoms with van der Waals surface area (Å²) >= 11 is 0.636. The van der Waals surface area contributed by atoms with Crippen molar-refractivity contribution < 1.29 is 32.1 Å². The Balaban J connectivity index is 1.75. The number of halogens is 3. The molecular formula is C17H11F3N6O4S. The van der Waals surface area contributed by atoms with Crippen molar-refractivity contribution in [2.75, 3.05) is 19.5 Å². The molecule has 1 N–H and O–H groups in total. The molecule has 1 amide bonds. The van der Waals surface area contributed by atoms with Gasteiger partial charge in [0.25, 0.3) is 5.91 Å². The van der Waals surface area contributed by atoms with E-state index in [1.165, 1.54) is 32.4 Å². The molecule has 0 spiro atoms. The normalized spacial score (nSPS) is 11.5. The van der Waals surface area contributed by atoms with Gasteiger partial charge in [-0.1, -0.05) is 17.4 Å². The van der Waals surface area contributed by atoms with Crippen molar-refractivity contribution in [1.82, 2.24) is 25.3 Å². The molecule has 160 valence electrons. The summed E-state index contributed by atoms with van der Waals surface area (Å²) in [6.07, 6.45) is -3.65. The molecule has 0 aliphatic rings. The first-order chi connectivity index (χ1) is 14.8. The van der Waals surface area contributed by atoms with Gasteiger partial charge in [0.15, 0.2) is 16.4 Å². The molecule has 31 heavy (non-hydrogen) atoms. The molecule has 3 heterocycles. The average Bonchev–Trinajstić information content (AvgIpc) is 3.39. The van der Waals surface area contributed by atoms with E-state index in [1.54, 1.807) is 0 Å². The Morgan fingerprint density at radius 2 is 1.77 bits per heavy atom. The van der Waals surface area contributed by atoms with E-state index < -0.39 is 17.8 Å². The smallest absolute Gasteiger partial charge is 0.434 e. The number of alkyl halides is 3.